The molecule has 1 aliphatic rings. The maximum absolute atomic E-state index is 11.7. The van der Waals surface area contributed by atoms with Crippen molar-refractivity contribution in [3.63, 3.8) is 0 Å². The van der Waals surface area contributed by atoms with Crippen molar-refractivity contribution in [1.29, 1.82) is 0 Å². The molecule has 3 atom stereocenters. The third-order valence-electron chi connectivity index (χ3n) is 2.46. The summed E-state index contributed by atoms with van der Waals surface area (Å²) in [6.45, 7) is 9.75. The highest BCUT2D eigenvalue weighted by Crippen LogP contribution is 2.28. The van der Waals surface area contributed by atoms with Crippen LogP contribution >= 0.6 is 0 Å². The summed E-state index contributed by atoms with van der Waals surface area (Å²) >= 11 is 0. The molecule has 3 heteroatoms. The predicted octanol–water partition coefficient (Wildman–Crippen LogP) is 2.09. The fourth-order valence-corrected chi connectivity index (χ4v) is 1.65. The molecule has 1 heterocycles. The van der Waals surface area contributed by atoms with Crippen molar-refractivity contribution in [3.8, 4) is 0 Å². The maximum atomic E-state index is 11.7. The average Bonchev–Trinajstić information content (AvgIpc) is 2.69. The number of hydrogen-bond acceptors (Lipinski definition) is 3. The van der Waals surface area contributed by atoms with Crippen LogP contribution in [0.15, 0.2) is 25.3 Å². The van der Waals surface area contributed by atoms with E-state index in [-0.39, 0.29) is 24.1 Å². The van der Waals surface area contributed by atoms with Gasteiger partial charge in [-0.1, -0.05) is 19.1 Å². The van der Waals surface area contributed by atoms with Crippen LogP contribution in [0.4, 0.5) is 0 Å². The number of carbonyl (C=O) groups is 1. The van der Waals surface area contributed by atoms with Crippen LogP contribution in [-0.2, 0) is 14.3 Å². The van der Waals surface area contributed by atoms with Crippen LogP contribution in [0.1, 0.15) is 19.8 Å². The molecule has 0 N–H and O–H groups in total. The Bertz CT molecular complexity index is 247. The van der Waals surface area contributed by atoms with E-state index in [1.807, 2.05) is 6.92 Å². The molecular weight excluding hydrogens is 192 g/mol. The minimum Gasteiger partial charge on any atom is -0.465 e. The van der Waals surface area contributed by atoms with E-state index in [2.05, 4.69) is 13.2 Å². The summed E-state index contributed by atoms with van der Waals surface area (Å²) in [6.07, 6.45) is 4.54. The van der Waals surface area contributed by atoms with Gasteiger partial charge in [-0.25, -0.2) is 0 Å². The molecule has 0 spiro atoms. The Balaban J connectivity index is 2.55. The van der Waals surface area contributed by atoms with Gasteiger partial charge in [-0.2, -0.15) is 0 Å². The third kappa shape index (κ3) is 2.93. The zero-order valence-corrected chi connectivity index (χ0v) is 9.15. The van der Waals surface area contributed by atoms with Crippen LogP contribution < -0.4 is 0 Å². The van der Waals surface area contributed by atoms with Gasteiger partial charge in [0, 0.05) is 0 Å². The van der Waals surface area contributed by atoms with E-state index in [4.69, 9.17) is 9.47 Å². The van der Waals surface area contributed by atoms with E-state index in [0.29, 0.717) is 13.0 Å². The van der Waals surface area contributed by atoms with Crippen LogP contribution in [0.3, 0.4) is 0 Å². The highest BCUT2D eigenvalue weighted by molar-refractivity contribution is 5.74. The fraction of sp³-hybridized carbons (Fsp3) is 0.583. The van der Waals surface area contributed by atoms with Gasteiger partial charge in [0.2, 0.25) is 0 Å². The second-order valence-corrected chi connectivity index (χ2v) is 3.62. The van der Waals surface area contributed by atoms with E-state index in [9.17, 15) is 4.79 Å². The lowest BCUT2D eigenvalue weighted by Crippen LogP contribution is -2.24. The monoisotopic (exact) mass is 210 g/mol. The van der Waals surface area contributed by atoms with Gasteiger partial charge < -0.3 is 9.47 Å². The second kappa shape index (κ2) is 5.71. The molecule has 1 saturated heterocycles. The lowest BCUT2D eigenvalue weighted by molar-refractivity contribution is -0.149. The molecule has 3 unspecified atom stereocenters. The topological polar surface area (TPSA) is 35.5 Å². The molecule has 1 rings (SSSR count). The first kappa shape index (κ1) is 12.0. The minimum absolute atomic E-state index is 0.0628. The molecule has 0 bridgehead atoms. The van der Waals surface area contributed by atoms with Gasteiger partial charge in [0.25, 0.3) is 0 Å². The van der Waals surface area contributed by atoms with E-state index < -0.39 is 0 Å². The smallest absolute Gasteiger partial charge is 0.312 e. The quantitative estimate of drug-likeness (QED) is 0.515. The highest BCUT2D eigenvalue weighted by Gasteiger charge is 2.37. The Kier molecular flexibility index (Phi) is 4.56. The van der Waals surface area contributed by atoms with Gasteiger partial charge in [-0.3, -0.25) is 4.79 Å². The first-order valence-corrected chi connectivity index (χ1v) is 5.30. The van der Waals surface area contributed by atoms with E-state index in [1.165, 1.54) is 0 Å². The zero-order valence-electron chi connectivity index (χ0n) is 9.15. The second-order valence-electron chi connectivity index (χ2n) is 3.62. The number of ether oxygens (including phenoxy) is 2. The molecule has 1 aliphatic heterocycles. The van der Waals surface area contributed by atoms with Crippen molar-refractivity contribution < 1.29 is 14.3 Å². The molecule has 0 aromatic carbocycles. The summed E-state index contributed by atoms with van der Waals surface area (Å²) in [5.74, 6) is -0.414. The van der Waals surface area contributed by atoms with Crippen molar-refractivity contribution in [2.45, 2.75) is 32.0 Å². The summed E-state index contributed by atoms with van der Waals surface area (Å²) < 4.78 is 10.6. The Labute approximate surface area is 90.8 Å². The van der Waals surface area contributed by atoms with Crippen molar-refractivity contribution in [3.05, 3.63) is 25.3 Å². The van der Waals surface area contributed by atoms with Gasteiger partial charge in [0.15, 0.2) is 0 Å². The summed E-state index contributed by atoms with van der Waals surface area (Å²) in [5.41, 5.74) is 0. The van der Waals surface area contributed by atoms with E-state index in [1.54, 1.807) is 12.2 Å². The zero-order chi connectivity index (χ0) is 11.3. The predicted molar refractivity (Wildman–Crippen MR) is 58.4 cm³/mol. The maximum Gasteiger partial charge on any atom is 0.312 e. The van der Waals surface area contributed by atoms with Crippen molar-refractivity contribution in [2.24, 2.45) is 5.92 Å². The van der Waals surface area contributed by atoms with Gasteiger partial charge >= 0.3 is 5.97 Å². The van der Waals surface area contributed by atoms with Gasteiger partial charge in [0.05, 0.1) is 24.7 Å². The molecule has 0 radical (unpaired) electrons. The van der Waals surface area contributed by atoms with E-state index >= 15 is 0 Å². The summed E-state index contributed by atoms with van der Waals surface area (Å²) in [4.78, 5) is 11.7. The molecule has 15 heavy (non-hydrogen) atoms. The Morgan fingerprint density at radius 3 is 2.80 bits per heavy atom. The Morgan fingerprint density at radius 2 is 2.27 bits per heavy atom. The number of esters is 1. The molecule has 0 amide bonds. The first-order chi connectivity index (χ1) is 7.22. The molecule has 0 saturated carbocycles. The van der Waals surface area contributed by atoms with Crippen LogP contribution in [0.2, 0.25) is 0 Å². The summed E-state index contributed by atoms with van der Waals surface area (Å²) in [5, 5.41) is 0. The van der Waals surface area contributed by atoms with Crippen LogP contribution in [0.5, 0.6) is 0 Å². The van der Waals surface area contributed by atoms with Gasteiger partial charge in [-0.15, -0.1) is 13.2 Å². The standard InChI is InChI=1S/C12H18O3/c1-4-7-14-12(13)10-8-9(5-2)15-11(10)6-3/h5-6,9-11H,2-4,7-8H2,1H3. The minimum atomic E-state index is -0.239. The largest absolute Gasteiger partial charge is 0.465 e. The third-order valence-corrected chi connectivity index (χ3v) is 2.46. The average molecular weight is 210 g/mol. The number of rotatable bonds is 5. The van der Waals surface area contributed by atoms with Crippen LogP contribution in [0, 0.1) is 5.92 Å². The molecule has 0 aliphatic carbocycles. The lowest BCUT2D eigenvalue weighted by atomic mass is 9.99. The molecule has 1 fully saturated rings. The van der Waals surface area contributed by atoms with Crippen molar-refractivity contribution in [2.75, 3.05) is 6.61 Å². The summed E-state index contributed by atoms with van der Waals surface area (Å²) in [6, 6.07) is 0. The first-order valence-electron chi connectivity index (χ1n) is 5.30. The highest BCUT2D eigenvalue weighted by atomic mass is 16.5. The van der Waals surface area contributed by atoms with Crippen molar-refractivity contribution >= 4 is 5.97 Å². The van der Waals surface area contributed by atoms with Crippen LogP contribution in [0.25, 0.3) is 0 Å². The molecule has 84 valence electrons. The molecule has 0 aromatic rings. The van der Waals surface area contributed by atoms with E-state index in [0.717, 1.165) is 6.42 Å². The lowest BCUT2D eigenvalue weighted by Gasteiger charge is -2.13. The summed E-state index contributed by atoms with van der Waals surface area (Å²) in [7, 11) is 0. The number of carbonyl (C=O) groups excluding carboxylic acids is 1. The SMILES string of the molecule is C=CC1CC(C(=O)OCCC)C(C=C)O1. The normalized spacial score (nSPS) is 29.8. The molecule has 3 nitrogen and oxygen atoms in total. The van der Waals surface area contributed by atoms with Gasteiger partial charge in [-0.05, 0) is 12.8 Å². The van der Waals surface area contributed by atoms with Gasteiger partial charge in [0.1, 0.15) is 0 Å². The van der Waals surface area contributed by atoms with Crippen molar-refractivity contribution in [1.82, 2.24) is 0 Å². The fourth-order valence-electron chi connectivity index (χ4n) is 1.65. The van der Waals surface area contributed by atoms with Crippen LogP contribution in [-0.4, -0.2) is 24.8 Å². The molecule has 0 aromatic heterocycles. The Morgan fingerprint density at radius 1 is 1.53 bits per heavy atom. The molecular formula is C12H18O3. The Hall–Kier alpha value is -1.09. The number of hydrogen-bond donors (Lipinski definition) is 0.